The minimum Gasteiger partial charge on any atom is -0.390 e. The van der Waals surface area contributed by atoms with Crippen LogP contribution in [-0.2, 0) is 0 Å². The summed E-state index contributed by atoms with van der Waals surface area (Å²) >= 11 is 0. The van der Waals surface area contributed by atoms with Crippen LogP contribution in [-0.4, -0.2) is 33.4 Å². The van der Waals surface area contributed by atoms with Crippen LogP contribution in [0.3, 0.4) is 0 Å². The molecule has 0 spiro atoms. The van der Waals surface area contributed by atoms with E-state index < -0.39 is 23.5 Å². The Morgan fingerprint density at radius 3 is 2.48 bits per heavy atom. The summed E-state index contributed by atoms with van der Waals surface area (Å²) in [6.07, 6.45) is 6.34. The van der Waals surface area contributed by atoms with Crippen molar-refractivity contribution in [1.82, 2.24) is 0 Å². The van der Waals surface area contributed by atoms with Crippen molar-refractivity contribution >= 4 is 0 Å². The Bertz CT molecular complexity index is 595. The van der Waals surface area contributed by atoms with Gasteiger partial charge in [0.25, 0.3) is 0 Å². The topological polar surface area (TPSA) is 60.7 Å². The SMILES string of the molecule is C[C@]12CC(O)C(O)CC1=CC=C1[C@H]2CC[C@@]2(C)[C@H]1CCC2(O)F. The highest BCUT2D eigenvalue weighted by molar-refractivity contribution is 5.39. The molecule has 0 aromatic rings. The molecule has 0 aromatic carbocycles. The van der Waals surface area contributed by atoms with Gasteiger partial charge >= 0.3 is 0 Å². The molecule has 0 heterocycles. The Hall–Kier alpha value is -0.710. The summed E-state index contributed by atoms with van der Waals surface area (Å²) in [5, 5.41) is 30.4. The number of aliphatic hydroxyl groups excluding tert-OH is 2. The molecule has 3 N–H and O–H groups in total. The highest BCUT2D eigenvalue weighted by Crippen LogP contribution is 2.66. The fourth-order valence-corrected chi connectivity index (χ4v) is 6.00. The van der Waals surface area contributed by atoms with Crippen molar-refractivity contribution in [2.45, 2.75) is 70.4 Å². The molecule has 3 saturated carbocycles. The summed E-state index contributed by atoms with van der Waals surface area (Å²) in [5.41, 5.74) is 1.62. The first kappa shape index (κ1) is 15.8. The third-order valence-corrected chi connectivity index (χ3v) is 7.65. The Kier molecular flexibility index (Phi) is 3.21. The van der Waals surface area contributed by atoms with E-state index in [2.05, 4.69) is 19.1 Å². The second-order valence-corrected chi connectivity index (χ2v) is 8.68. The van der Waals surface area contributed by atoms with Crippen LogP contribution in [0.4, 0.5) is 4.39 Å². The van der Waals surface area contributed by atoms with Crippen LogP contribution >= 0.6 is 0 Å². The minimum atomic E-state index is -2.07. The maximum atomic E-state index is 14.7. The van der Waals surface area contributed by atoms with Crippen molar-refractivity contribution in [3.8, 4) is 0 Å². The normalized spacial score (nSPS) is 55.4. The molecule has 0 amide bonds. The Morgan fingerprint density at radius 2 is 1.74 bits per heavy atom. The van der Waals surface area contributed by atoms with Crippen LogP contribution in [0, 0.1) is 22.7 Å². The lowest BCUT2D eigenvalue weighted by atomic mass is 9.50. The highest BCUT2D eigenvalue weighted by atomic mass is 19.2. The van der Waals surface area contributed by atoms with E-state index >= 15 is 0 Å². The van der Waals surface area contributed by atoms with E-state index in [1.165, 1.54) is 11.1 Å². The zero-order valence-corrected chi connectivity index (χ0v) is 13.9. The molecule has 23 heavy (non-hydrogen) atoms. The summed E-state index contributed by atoms with van der Waals surface area (Å²) in [4.78, 5) is 0. The lowest BCUT2D eigenvalue weighted by Crippen LogP contribution is -2.51. The molecule has 4 aliphatic rings. The van der Waals surface area contributed by atoms with E-state index in [0.29, 0.717) is 25.7 Å². The average Bonchev–Trinajstić information content (AvgIpc) is 2.71. The Balaban J connectivity index is 1.75. The van der Waals surface area contributed by atoms with Gasteiger partial charge in [0.1, 0.15) is 0 Å². The average molecular weight is 322 g/mol. The van der Waals surface area contributed by atoms with E-state index in [9.17, 15) is 19.7 Å². The summed E-state index contributed by atoms with van der Waals surface area (Å²) in [6.45, 7) is 4.08. The highest BCUT2D eigenvalue weighted by Gasteiger charge is 2.63. The maximum absolute atomic E-state index is 14.7. The zero-order valence-electron chi connectivity index (χ0n) is 13.9. The second-order valence-electron chi connectivity index (χ2n) is 8.68. The van der Waals surface area contributed by atoms with E-state index in [1.807, 2.05) is 6.92 Å². The van der Waals surface area contributed by atoms with Crippen molar-refractivity contribution in [3.63, 3.8) is 0 Å². The van der Waals surface area contributed by atoms with Crippen LogP contribution in [0.1, 0.15) is 52.4 Å². The van der Waals surface area contributed by atoms with E-state index in [1.54, 1.807) is 0 Å². The van der Waals surface area contributed by atoms with Gasteiger partial charge in [-0.15, -0.1) is 0 Å². The summed E-state index contributed by atoms with van der Waals surface area (Å²) in [5.74, 6) is -1.71. The number of halogens is 1. The molecule has 0 bridgehead atoms. The van der Waals surface area contributed by atoms with E-state index in [-0.39, 0.29) is 23.7 Å². The number of hydrogen-bond donors (Lipinski definition) is 3. The fourth-order valence-electron chi connectivity index (χ4n) is 6.00. The van der Waals surface area contributed by atoms with Gasteiger partial charge in [-0.1, -0.05) is 37.1 Å². The third kappa shape index (κ3) is 1.92. The fraction of sp³-hybridized carbons (Fsp3) is 0.789. The third-order valence-electron chi connectivity index (χ3n) is 7.65. The molecular formula is C19H27FO3. The smallest absolute Gasteiger partial charge is 0.212 e. The molecule has 0 aromatic heterocycles. The van der Waals surface area contributed by atoms with E-state index in [0.717, 1.165) is 6.42 Å². The van der Waals surface area contributed by atoms with Gasteiger partial charge in [-0.2, -0.15) is 0 Å². The van der Waals surface area contributed by atoms with E-state index in [4.69, 9.17) is 0 Å². The quantitative estimate of drug-likeness (QED) is 0.643. The van der Waals surface area contributed by atoms with Crippen LogP contribution in [0.2, 0.25) is 0 Å². The van der Waals surface area contributed by atoms with Gasteiger partial charge in [0, 0.05) is 11.8 Å². The summed E-state index contributed by atoms with van der Waals surface area (Å²) < 4.78 is 14.7. The van der Waals surface area contributed by atoms with Gasteiger partial charge < -0.3 is 15.3 Å². The molecule has 3 nitrogen and oxygen atoms in total. The van der Waals surface area contributed by atoms with Gasteiger partial charge in [-0.3, -0.25) is 0 Å². The van der Waals surface area contributed by atoms with Crippen molar-refractivity contribution in [2.75, 3.05) is 0 Å². The zero-order chi connectivity index (χ0) is 16.6. The van der Waals surface area contributed by atoms with Crippen molar-refractivity contribution < 1.29 is 19.7 Å². The van der Waals surface area contributed by atoms with Crippen LogP contribution < -0.4 is 0 Å². The molecule has 0 radical (unpaired) electrons. The van der Waals surface area contributed by atoms with Gasteiger partial charge in [0.05, 0.1) is 12.2 Å². The van der Waals surface area contributed by atoms with Gasteiger partial charge in [0.2, 0.25) is 5.85 Å². The second kappa shape index (κ2) is 4.68. The predicted molar refractivity (Wildman–Crippen MR) is 85.1 cm³/mol. The van der Waals surface area contributed by atoms with Crippen molar-refractivity contribution in [1.29, 1.82) is 0 Å². The number of rotatable bonds is 0. The first-order valence-electron chi connectivity index (χ1n) is 8.87. The first-order chi connectivity index (χ1) is 10.7. The largest absolute Gasteiger partial charge is 0.390 e. The first-order valence-corrected chi connectivity index (χ1v) is 8.87. The molecule has 0 saturated heterocycles. The van der Waals surface area contributed by atoms with Crippen molar-refractivity contribution in [3.05, 3.63) is 23.3 Å². The number of allylic oxidation sites excluding steroid dienone is 3. The van der Waals surface area contributed by atoms with Crippen LogP contribution in [0.5, 0.6) is 0 Å². The molecule has 3 unspecified atom stereocenters. The van der Waals surface area contributed by atoms with Crippen LogP contribution in [0.25, 0.3) is 0 Å². The molecule has 3 fully saturated rings. The van der Waals surface area contributed by atoms with Gasteiger partial charge in [-0.05, 0) is 49.4 Å². The molecule has 4 rings (SSSR count). The summed E-state index contributed by atoms with van der Waals surface area (Å²) in [6, 6.07) is 0. The number of alkyl halides is 1. The molecular weight excluding hydrogens is 295 g/mol. The Morgan fingerprint density at radius 1 is 1.04 bits per heavy atom. The summed E-state index contributed by atoms with van der Waals surface area (Å²) in [7, 11) is 0. The molecule has 0 aliphatic heterocycles. The monoisotopic (exact) mass is 322 g/mol. The number of hydrogen-bond acceptors (Lipinski definition) is 3. The lowest BCUT2D eigenvalue weighted by molar-refractivity contribution is -0.179. The molecule has 4 heteroatoms. The molecule has 7 atom stereocenters. The van der Waals surface area contributed by atoms with Gasteiger partial charge in [-0.25, -0.2) is 4.39 Å². The molecule has 4 aliphatic carbocycles. The van der Waals surface area contributed by atoms with Crippen molar-refractivity contribution in [2.24, 2.45) is 22.7 Å². The Labute approximate surface area is 136 Å². The molecule has 128 valence electrons. The number of fused-ring (bicyclic) bond motifs is 5. The minimum absolute atomic E-state index is 0.0786. The standard InChI is InChI=1S/C19H27FO3/c1-17-10-16(22)15(21)9-11(17)3-4-12-13(17)5-7-18(2)14(12)6-8-19(18,20)23/h3-4,13-16,21-23H,5-10H2,1-2H3/t13-,14+,15?,16?,17+,18+,19?/m1/s1. The predicted octanol–water partition coefficient (Wildman–Crippen LogP) is 2.86. The number of aliphatic hydroxyl groups is 3. The van der Waals surface area contributed by atoms with Crippen LogP contribution in [0.15, 0.2) is 23.3 Å². The lowest BCUT2D eigenvalue weighted by Gasteiger charge is -2.55. The maximum Gasteiger partial charge on any atom is 0.212 e. The van der Waals surface area contributed by atoms with Gasteiger partial charge in [0.15, 0.2) is 0 Å².